The SMILES string of the molecule is CCCCC=Cc1ccc([C@H]2C(=O)CC[C@@H]2CC=CCCCC(=O)OC)cc1. The summed E-state index contributed by atoms with van der Waals surface area (Å²) in [7, 11) is 1.42. The number of hydrogen-bond acceptors (Lipinski definition) is 3. The molecule has 2 atom stereocenters. The maximum atomic E-state index is 12.5. The first kappa shape index (κ1) is 22.1. The Bertz CT molecular complexity index is 670. The first-order valence-corrected chi connectivity index (χ1v) is 10.7. The highest BCUT2D eigenvalue weighted by Gasteiger charge is 2.34. The third-order valence-corrected chi connectivity index (χ3v) is 5.49. The second-order valence-electron chi connectivity index (χ2n) is 7.63. The van der Waals surface area contributed by atoms with Crippen LogP contribution in [0.4, 0.5) is 0 Å². The fraction of sp³-hybridized carbons (Fsp3) is 0.520. The number of methoxy groups -OCH3 is 1. The zero-order chi connectivity index (χ0) is 20.2. The Labute approximate surface area is 169 Å². The summed E-state index contributed by atoms with van der Waals surface area (Å²) in [6, 6.07) is 8.51. The van der Waals surface area contributed by atoms with Gasteiger partial charge in [-0.3, -0.25) is 9.59 Å². The quantitative estimate of drug-likeness (QED) is 0.258. The van der Waals surface area contributed by atoms with Crippen LogP contribution in [0.5, 0.6) is 0 Å². The van der Waals surface area contributed by atoms with Gasteiger partial charge in [0.05, 0.1) is 7.11 Å². The second-order valence-corrected chi connectivity index (χ2v) is 7.63. The van der Waals surface area contributed by atoms with E-state index in [1.165, 1.54) is 25.5 Å². The highest BCUT2D eigenvalue weighted by molar-refractivity contribution is 5.88. The lowest BCUT2D eigenvalue weighted by Gasteiger charge is -2.17. The van der Waals surface area contributed by atoms with Gasteiger partial charge in [0.2, 0.25) is 0 Å². The molecule has 0 N–H and O–H groups in total. The third kappa shape index (κ3) is 7.10. The number of carbonyl (C=O) groups excluding carboxylic acids is 2. The molecule has 3 nitrogen and oxygen atoms in total. The van der Waals surface area contributed by atoms with E-state index in [4.69, 9.17) is 0 Å². The average Bonchev–Trinajstić information content (AvgIpc) is 3.08. The Morgan fingerprint density at radius 1 is 1.11 bits per heavy atom. The summed E-state index contributed by atoms with van der Waals surface area (Å²) < 4.78 is 4.65. The minimum atomic E-state index is -0.154. The van der Waals surface area contributed by atoms with Crippen LogP contribution in [0.3, 0.4) is 0 Å². The molecule has 0 bridgehead atoms. The summed E-state index contributed by atoms with van der Waals surface area (Å²) in [5, 5.41) is 0. The van der Waals surface area contributed by atoms with Gasteiger partial charge in [-0.05, 0) is 49.1 Å². The first-order chi connectivity index (χ1) is 13.7. The van der Waals surface area contributed by atoms with Crippen molar-refractivity contribution in [3.05, 3.63) is 53.6 Å². The first-order valence-electron chi connectivity index (χ1n) is 10.7. The molecule has 1 fully saturated rings. The van der Waals surface area contributed by atoms with Gasteiger partial charge in [0.15, 0.2) is 0 Å². The fourth-order valence-corrected chi connectivity index (χ4v) is 3.84. The molecule has 1 aliphatic carbocycles. The van der Waals surface area contributed by atoms with E-state index in [9.17, 15) is 9.59 Å². The molecule has 0 heterocycles. The van der Waals surface area contributed by atoms with Crippen LogP contribution in [-0.2, 0) is 14.3 Å². The van der Waals surface area contributed by atoms with Gasteiger partial charge in [0.1, 0.15) is 5.78 Å². The van der Waals surface area contributed by atoms with E-state index in [-0.39, 0.29) is 11.9 Å². The number of ketones is 1. The molecule has 3 heteroatoms. The lowest BCUT2D eigenvalue weighted by molar-refractivity contribution is -0.140. The number of hydrogen-bond donors (Lipinski definition) is 0. The predicted octanol–water partition coefficient (Wildman–Crippen LogP) is 6.24. The molecule has 152 valence electrons. The van der Waals surface area contributed by atoms with E-state index in [1.54, 1.807) is 0 Å². The van der Waals surface area contributed by atoms with E-state index >= 15 is 0 Å². The molecule has 28 heavy (non-hydrogen) atoms. The molecule has 1 aliphatic rings. The molecule has 0 amide bonds. The Morgan fingerprint density at radius 3 is 2.57 bits per heavy atom. The molecular weight excluding hydrogens is 348 g/mol. The van der Waals surface area contributed by atoms with Crippen LogP contribution in [-0.4, -0.2) is 18.9 Å². The molecule has 1 saturated carbocycles. The Kier molecular flexibility index (Phi) is 9.74. The van der Waals surface area contributed by atoms with E-state index in [2.05, 4.69) is 60.2 Å². The molecule has 0 aromatic heterocycles. The summed E-state index contributed by atoms with van der Waals surface area (Å²) in [6.07, 6.45) is 17.0. The standard InChI is InChI=1S/C25H34O3/c1-3-4-5-8-11-20-14-16-22(17-15-20)25-21(18-19-23(25)26)12-9-6-7-10-13-24(27)28-2/h6,8-9,11,14-17,21,25H,3-5,7,10,12-13,18-19H2,1-2H3/t21-,25-/m0/s1. The fourth-order valence-electron chi connectivity index (χ4n) is 3.84. The summed E-state index contributed by atoms with van der Waals surface area (Å²) in [6.45, 7) is 2.20. The van der Waals surface area contributed by atoms with Gasteiger partial charge < -0.3 is 4.74 Å². The molecule has 0 radical (unpaired) electrons. The topological polar surface area (TPSA) is 43.4 Å². The molecule has 0 spiro atoms. The monoisotopic (exact) mass is 382 g/mol. The van der Waals surface area contributed by atoms with Crippen LogP contribution in [0.25, 0.3) is 6.08 Å². The number of allylic oxidation sites excluding steroid dienone is 3. The summed E-state index contributed by atoms with van der Waals surface area (Å²) in [5.41, 5.74) is 2.35. The van der Waals surface area contributed by atoms with E-state index in [0.29, 0.717) is 24.5 Å². The maximum absolute atomic E-state index is 12.5. The van der Waals surface area contributed by atoms with Gasteiger partial charge in [-0.1, -0.05) is 68.3 Å². The normalized spacial score (nSPS) is 19.7. The number of unbranched alkanes of at least 4 members (excludes halogenated alkanes) is 3. The number of benzene rings is 1. The van der Waals surface area contributed by atoms with Crippen molar-refractivity contribution in [3.63, 3.8) is 0 Å². The molecule has 1 aromatic carbocycles. The van der Waals surface area contributed by atoms with Crippen molar-refractivity contribution < 1.29 is 14.3 Å². The highest BCUT2D eigenvalue weighted by atomic mass is 16.5. The van der Waals surface area contributed by atoms with Crippen LogP contribution in [0.15, 0.2) is 42.5 Å². The number of Topliss-reactive ketones (excluding diaryl/α,β-unsaturated/α-hetero) is 1. The predicted molar refractivity (Wildman–Crippen MR) is 115 cm³/mol. The number of rotatable bonds is 11. The summed E-state index contributed by atoms with van der Waals surface area (Å²) >= 11 is 0. The third-order valence-electron chi connectivity index (χ3n) is 5.49. The largest absolute Gasteiger partial charge is 0.469 e. The molecule has 0 saturated heterocycles. The Balaban J connectivity index is 1.87. The van der Waals surface area contributed by atoms with Gasteiger partial charge in [-0.15, -0.1) is 0 Å². The van der Waals surface area contributed by atoms with Gasteiger partial charge in [0, 0.05) is 18.8 Å². The van der Waals surface area contributed by atoms with Crippen LogP contribution < -0.4 is 0 Å². The van der Waals surface area contributed by atoms with Gasteiger partial charge in [-0.2, -0.15) is 0 Å². The molecule has 1 aromatic rings. The van der Waals surface area contributed by atoms with Crippen LogP contribution in [0.2, 0.25) is 0 Å². The number of esters is 1. The zero-order valence-corrected chi connectivity index (χ0v) is 17.4. The van der Waals surface area contributed by atoms with Gasteiger partial charge >= 0.3 is 5.97 Å². The smallest absolute Gasteiger partial charge is 0.305 e. The van der Waals surface area contributed by atoms with Crippen molar-refractivity contribution in [2.75, 3.05) is 7.11 Å². The maximum Gasteiger partial charge on any atom is 0.305 e. The van der Waals surface area contributed by atoms with Crippen molar-refractivity contribution in [2.24, 2.45) is 5.92 Å². The van der Waals surface area contributed by atoms with E-state index < -0.39 is 0 Å². The average molecular weight is 383 g/mol. The number of ether oxygens (including phenoxy) is 1. The van der Waals surface area contributed by atoms with E-state index in [1.807, 2.05) is 0 Å². The molecule has 2 rings (SSSR count). The zero-order valence-electron chi connectivity index (χ0n) is 17.4. The van der Waals surface area contributed by atoms with Crippen LogP contribution >= 0.6 is 0 Å². The molecule has 0 aliphatic heterocycles. The highest BCUT2D eigenvalue weighted by Crippen LogP contribution is 2.39. The summed E-state index contributed by atoms with van der Waals surface area (Å²) in [5.74, 6) is 0.627. The lowest BCUT2D eigenvalue weighted by Crippen LogP contribution is -2.12. The van der Waals surface area contributed by atoms with Gasteiger partial charge in [-0.25, -0.2) is 0 Å². The van der Waals surface area contributed by atoms with Crippen molar-refractivity contribution in [3.8, 4) is 0 Å². The Hall–Kier alpha value is -2.16. The minimum Gasteiger partial charge on any atom is -0.469 e. The van der Waals surface area contributed by atoms with E-state index in [0.717, 1.165) is 37.7 Å². The molecular formula is C25H34O3. The second kappa shape index (κ2) is 12.3. The van der Waals surface area contributed by atoms with Crippen molar-refractivity contribution in [1.29, 1.82) is 0 Å². The summed E-state index contributed by atoms with van der Waals surface area (Å²) in [4.78, 5) is 23.6. The van der Waals surface area contributed by atoms with Crippen molar-refractivity contribution in [2.45, 2.75) is 70.6 Å². The van der Waals surface area contributed by atoms with Gasteiger partial charge in [0.25, 0.3) is 0 Å². The van der Waals surface area contributed by atoms with Crippen LogP contribution in [0.1, 0.15) is 81.8 Å². The molecule has 0 unspecified atom stereocenters. The Morgan fingerprint density at radius 2 is 1.86 bits per heavy atom. The number of carbonyl (C=O) groups is 2. The van der Waals surface area contributed by atoms with Crippen molar-refractivity contribution in [1.82, 2.24) is 0 Å². The van der Waals surface area contributed by atoms with Crippen LogP contribution in [0, 0.1) is 5.92 Å². The lowest BCUT2D eigenvalue weighted by atomic mass is 9.86. The minimum absolute atomic E-state index is 0.0258. The van der Waals surface area contributed by atoms with Crippen molar-refractivity contribution >= 4 is 17.8 Å².